The first kappa shape index (κ1) is 45.5. The molecule has 1 heterocycles. The third kappa shape index (κ3) is 15.7. The number of benzene rings is 1. The number of carbonyl (C=O) groups is 9. The van der Waals surface area contributed by atoms with Gasteiger partial charge in [0.25, 0.3) is 5.91 Å². The first-order valence-corrected chi connectivity index (χ1v) is 16.7. The van der Waals surface area contributed by atoms with Crippen LogP contribution in [-0.4, -0.2) is 122 Å². The largest absolute Gasteiger partial charge is 0.463 e. The van der Waals surface area contributed by atoms with Gasteiger partial charge in [-0.15, -0.1) is 0 Å². The van der Waals surface area contributed by atoms with E-state index in [1.807, 2.05) is 0 Å². The van der Waals surface area contributed by atoms with Crippen LogP contribution in [0.5, 0.6) is 0 Å². The Morgan fingerprint density at radius 2 is 1.13 bits per heavy atom. The Morgan fingerprint density at radius 1 is 0.600 bits per heavy atom. The van der Waals surface area contributed by atoms with Crippen LogP contribution in [0.3, 0.4) is 0 Å². The number of hydrogen-bond acceptors (Lipinski definition) is 19. The Bertz CT molecular complexity index is 1550. The Hall–Kier alpha value is -5.63. The number of esters is 8. The summed E-state index contributed by atoms with van der Waals surface area (Å²) >= 11 is 0. The fourth-order valence-corrected chi connectivity index (χ4v) is 5.27. The van der Waals surface area contributed by atoms with Crippen LogP contribution in [0, 0.1) is 0 Å². The van der Waals surface area contributed by atoms with Gasteiger partial charge >= 0.3 is 47.8 Å². The lowest BCUT2D eigenvalue weighted by atomic mass is 9.97. The van der Waals surface area contributed by atoms with Gasteiger partial charge in [0.15, 0.2) is 36.8 Å². The number of ether oxygens (including phenoxy) is 10. The van der Waals surface area contributed by atoms with Crippen LogP contribution in [-0.2, 0) is 97.1 Å². The molecule has 1 aliphatic heterocycles. The Labute approximate surface area is 315 Å². The summed E-state index contributed by atoms with van der Waals surface area (Å²) in [5, 5.41) is 2.56. The van der Waals surface area contributed by atoms with Crippen LogP contribution in [0.1, 0.15) is 61.0 Å². The van der Waals surface area contributed by atoms with Crippen molar-refractivity contribution in [3.05, 3.63) is 35.9 Å². The molecule has 9 atom stereocenters. The van der Waals surface area contributed by atoms with Gasteiger partial charge in [-0.3, -0.25) is 43.2 Å². The second kappa shape index (κ2) is 21.9. The maximum absolute atomic E-state index is 13.8. The lowest BCUT2D eigenvalue weighted by molar-refractivity contribution is -0.331. The van der Waals surface area contributed by atoms with Gasteiger partial charge in [-0.25, -0.2) is 0 Å². The van der Waals surface area contributed by atoms with Gasteiger partial charge in [-0.05, 0) is 5.56 Å². The van der Waals surface area contributed by atoms with Crippen LogP contribution in [0.25, 0.3) is 0 Å². The van der Waals surface area contributed by atoms with Crippen molar-refractivity contribution in [1.82, 2.24) is 5.32 Å². The lowest BCUT2D eigenvalue weighted by Gasteiger charge is -2.46. The van der Waals surface area contributed by atoms with Gasteiger partial charge in [0, 0.05) is 61.9 Å². The molecule has 0 spiro atoms. The molecule has 9 unspecified atom stereocenters. The van der Waals surface area contributed by atoms with Crippen molar-refractivity contribution in [2.24, 2.45) is 0 Å². The maximum atomic E-state index is 13.8. The third-order valence-corrected chi connectivity index (χ3v) is 7.16. The van der Waals surface area contributed by atoms with Crippen LogP contribution >= 0.6 is 0 Å². The second-order valence-electron chi connectivity index (χ2n) is 11.9. The first-order chi connectivity index (χ1) is 25.8. The van der Waals surface area contributed by atoms with Gasteiger partial charge in [0.1, 0.15) is 25.4 Å². The van der Waals surface area contributed by atoms with E-state index < -0.39 is 122 Å². The molecule has 1 amide bonds. The summed E-state index contributed by atoms with van der Waals surface area (Å²) in [4.78, 5) is 112. The summed E-state index contributed by atoms with van der Waals surface area (Å²) in [5.74, 6) is -8.79. The summed E-state index contributed by atoms with van der Waals surface area (Å²) < 4.78 is 55.1. The molecule has 0 aliphatic carbocycles. The van der Waals surface area contributed by atoms with Crippen molar-refractivity contribution in [1.29, 1.82) is 0 Å². The Kier molecular flexibility index (Phi) is 18.1. The highest BCUT2D eigenvalue weighted by Crippen LogP contribution is 2.33. The Balaban J connectivity index is 2.88. The molecule has 304 valence electrons. The van der Waals surface area contributed by atoms with E-state index in [0.29, 0.717) is 5.56 Å². The lowest BCUT2D eigenvalue weighted by Crippen LogP contribution is -2.65. The fraction of sp³-hybridized carbons (Fsp3) is 0.571. The van der Waals surface area contributed by atoms with E-state index in [9.17, 15) is 43.2 Å². The van der Waals surface area contributed by atoms with Crippen LogP contribution < -0.4 is 5.32 Å². The van der Waals surface area contributed by atoms with Crippen molar-refractivity contribution in [3.63, 3.8) is 0 Å². The van der Waals surface area contributed by atoms with Crippen LogP contribution in [0.2, 0.25) is 0 Å². The summed E-state index contributed by atoms with van der Waals surface area (Å²) in [6.45, 7) is 6.24. The van der Waals surface area contributed by atoms with Crippen LogP contribution in [0.4, 0.5) is 0 Å². The number of amides is 1. The fourth-order valence-electron chi connectivity index (χ4n) is 5.27. The zero-order chi connectivity index (χ0) is 41.4. The van der Waals surface area contributed by atoms with Crippen molar-refractivity contribution >= 4 is 53.7 Å². The molecule has 0 saturated carbocycles. The SMILES string of the molecule is CC(=O)OCC(OC(C)=O)C(OC1OC(COC(C)=O)C(OC(C)=O)C(OC(C)=O)C1OC(C)=O)C(OC(C)=O)C(OC(C)=O)C(=O)NCc1ccccc1. The quantitative estimate of drug-likeness (QED) is 0.153. The number of carbonyl (C=O) groups excluding carboxylic acids is 9. The summed E-state index contributed by atoms with van der Waals surface area (Å²) in [6, 6.07) is 8.48. The van der Waals surface area contributed by atoms with Crippen LogP contribution in [0.15, 0.2) is 30.3 Å². The molecule has 1 fully saturated rings. The van der Waals surface area contributed by atoms with Gasteiger partial charge in [0.05, 0.1) is 0 Å². The highest BCUT2D eigenvalue weighted by molar-refractivity contribution is 5.84. The van der Waals surface area contributed by atoms with E-state index in [4.69, 9.17) is 47.4 Å². The zero-order valence-corrected chi connectivity index (χ0v) is 31.5. The van der Waals surface area contributed by atoms with Crippen molar-refractivity contribution in [2.45, 2.75) is 117 Å². The summed E-state index contributed by atoms with van der Waals surface area (Å²) in [6.07, 6.45) is -16.8. The van der Waals surface area contributed by atoms with Crippen molar-refractivity contribution in [2.75, 3.05) is 13.2 Å². The average Bonchev–Trinajstić information content (AvgIpc) is 3.07. The molecule has 20 nitrogen and oxygen atoms in total. The third-order valence-electron chi connectivity index (χ3n) is 7.16. The van der Waals surface area contributed by atoms with E-state index in [0.717, 1.165) is 55.4 Å². The van der Waals surface area contributed by atoms with Crippen molar-refractivity contribution < 1.29 is 90.5 Å². The monoisotopic (exact) mass is 783 g/mol. The minimum absolute atomic E-state index is 0.115. The summed E-state index contributed by atoms with van der Waals surface area (Å²) in [7, 11) is 0. The summed E-state index contributed by atoms with van der Waals surface area (Å²) in [5.41, 5.74) is 0.611. The average molecular weight is 784 g/mol. The van der Waals surface area contributed by atoms with E-state index in [1.54, 1.807) is 30.3 Å². The van der Waals surface area contributed by atoms with E-state index in [-0.39, 0.29) is 6.54 Å². The zero-order valence-electron chi connectivity index (χ0n) is 31.5. The molecule has 1 saturated heterocycles. The highest BCUT2D eigenvalue weighted by Gasteiger charge is 2.56. The molecule has 0 bridgehead atoms. The Morgan fingerprint density at radius 3 is 1.64 bits per heavy atom. The van der Waals surface area contributed by atoms with Gasteiger partial charge < -0.3 is 52.7 Å². The molecule has 1 aliphatic rings. The minimum atomic E-state index is -2.09. The van der Waals surface area contributed by atoms with Gasteiger partial charge in [-0.2, -0.15) is 0 Å². The molecular formula is C35H45NO19. The van der Waals surface area contributed by atoms with Gasteiger partial charge in [-0.1, -0.05) is 30.3 Å². The molecule has 55 heavy (non-hydrogen) atoms. The molecule has 1 N–H and O–H groups in total. The predicted octanol–water partition coefficient (Wildman–Crippen LogP) is 0.129. The van der Waals surface area contributed by atoms with Gasteiger partial charge in [0.2, 0.25) is 6.10 Å². The van der Waals surface area contributed by atoms with E-state index in [1.165, 1.54) is 0 Å². The molecule has 2 rings (SSSR count). The topological polar surface area (TPSA) is 258 Å². The second-order valence-corrected chi connectivity index (χ2v) is 11.9. The number of nitrogens with one attached hydrogen (secondary N) is 1. The molecular weight excluding hydrogens is 738 g/mol. The normalized spacial score (nSPS) is 21.1. The molecule has 1 aromatic rings. The minimum Gasteiger partial charge on any atom is -0.463 e. The smallest absolute Gasteiger partial charge is 0.303 e. The first-order valence-electron chi connectivity index (χ1n) is 16.7. The highest BCUT2D eigenvalue weighted by atomic mass is 16.8. The van der Waals surface area contributed by atoms with E-state index >= 15 is 0 Å². The standard InChI is InChI=1S/C35H45NO19/c1-17(37)46-15-26(48-19(3)39)29(30(50-21(5)41)32(52-23(7)43)34(45)36-14-25-12-10-9-11-13-25)55-35-33(53-24(8)44)31(51-22(6)42)28(49-20(4)40)27(54-35)16-47-18(2)38/h9-13,26-33,35H,14-16H2,1-8H3,(H,36,45). The molecule has 0 aromatic heterocycles. The maximum Gasteiger partial charge on any atom is 0.303 e. The molecule has 0 radical (unpaired) electrons. The molecule has 20 heteroatoms. The van der Waals surface area contributed by atoms with Crippen molar-refractivity contribution in [3.8, 4) is 0 Å². The predicted molar refractivity (Wildman–Crippen MR) is 178 cm³/mol. The number of rotatable bonds is 18. The number of hydrogen-bond donors (Lipinski definition) is 1. The molecule has 1 aromatic carbocycles. The van der Waals surface area contributed by atoms with E-state index in [2.05, 4.69) is 5.32 Å².